The monoisotopic (exact) mass is 354 g/mol. The zero-order chi connectivity index (χ0) is 15.8. The Hall–Kier alpha value is -0.815. The third-order valence-corrected chi connectivity index (χ3v) is 4.56. The van der Waals surface area contributed by atoms with Gasteiger partial charge in [0.1, 0.15) is 5.75 Å². The summed E-state index contributed by atoms with van der Waals surface area (Å²) in [7, 11) is -0.626. The largest absolute Gasteiger partial charge is 0.507 e. The summed E-state index contributed by atoms with van der Waals surface area (Å²) in [6.45, 7) is 7.62. The first-order valence-corrected chi connectivity index (χ1v) is 7.61. The van der Waals surface area contributed by atoms with Crippen LogP contribution in [0.2, 0.25) is 0 Å². The molecule has 0 radical (unpaired) electrons. The van der Waals surface area contributed by atoms with Gasteiger partial charge in [0.05, 0.1) is 17.8 Å². The average molecular weight is 355 g/mol. The Balaban J connectivity index is 2.33. The van der Waals surface area contributed by atoms with E-state index in [4.69, 9.17) is 9.31 Å². The molecule has 0 unspecified atom stereocenters. The number of hydrogen-bond donors (Lipinski definition) is 2. The second kappa shape index (κ2) is 5.76. The predicted octanol–water partition coefficient (Wildman–Crippen LogP) is 3.16. The highest BCUT2D eigenvalue weighted by atomic mass is 79.9. The Labute approximate surface area is 134 Å². The van der Waals surface area contributed by atoms with Crippen molar-refractivity contribution in [1.29, 1.82) is 0 Å². The molecule has 0 aliphatic carbocycles. The van der Waals surface area contributed by atoms with E-state index in [1.807, 2.05) is 27.7 Å². The molecule has 21 heavy (non-hydrogen) atoms. The summed E-state index contributed by atoms with van der Waals surface area (Å²) in [6.07, 6.45) is 1.70. The minimum atomic E-state index is -0.626. The van der Waals surface area contributed by atoms with Gasteiger partial charge in [-0.2, -0.15) is 0 Å². The van der Waals surface area contributed by atoms with E-state index in [0.29, 0.717) is 11.0 Å². The van der Waals surface area contributed by atoms with Crippen LogP contribution >= 0.6 is 15.9 Å². The lowest BCUT2D eigenvalue weighted by Gasteiger charge is -2.32. The fourth-order valence-corrected chi connectivity index (χ4v) is 2.40. The Morgan fingerprint density at radius 2 is 1.81 bits per heavy atom. The molecule has 0 amide bonds. The lowest BCUT2D eigenvalue weighted by molar-refractivity contribution is 0.00578. The number of phenols is 1. The van der Waals surface area contributed by atoms with E-state index in [-0.39, 0.29) is 12.4 Å². The number of benzene rings is 1. The molecule has 0 saturated carbocycles. The quantitative estimate of drug-likeness (QED) is 0.818. The van der Waals surface area contributed by atoms with Gasteiger partial charge in [-0.1, -0.05) is 22.0 Å². The first-order chi connectivity index (χ1) is 9.66. The van der Waals surface area contributed by atoms with Gasteiger partial charge in [-0.3, -0.25) is 0 Å². The molecule has 0 spiro atoms. The lowest BCUT2D eigenvalue weighted by Crippen LogP contribution is -2.41. The van der Waals surface area contributed by atoms with E-state index in [1.165, 1.54) is 0 Å². The lowest BCUT2D eigenvalue weighted by atomic mass is 9.77. The summed E-state index contributed by atoms with van der Waals surface area (Å²) in [6, 6.07) is 5.12. The maximum Gasteiger partial charge on any atom is 0.492 e. The van der Waals surface area contributed by atoms with Crippen LogP contribution in [-0.4, -0.2) is 35.1 Å². The van der Waals surface area contributed by atoms with Crippen LogP contribution in [0.5, 0.6) is 5.75 Å². The van der Waals surface area contributed by atoms with Crippen molar-refractivity contribution in [2.45, 2.75) is 38.9 Å². The van der Waals surface area contributed by atoms with Gasteiger partial charge in [-0.05, 0) is 51.4 Å². The van der Waals surface area contributed by atoms with Crippen molar-refractivity contribution >= 4 is 29.1 Å². The van der Waals surface area contributed by atoms with E-state index in [0.717, 1.165) is 4.47 Å². The van der Waals surface area contributed by atoms with Gasteiger partial charge in [-0.15, -0.1) is 0 Å². The summed E-state index contributed by atoms with van der Waals surface area (Å²) in [4.78, 5) is 0. The Morgan fingerprint density at radius 1 is 1.24 bits per heavy atom. The molecule has 1 aromatic carbocycles. The van der Waals surface area contributed by atoms with Crippen LogP contribution in [0, 0.1) is 0 Å². The van der Waals surface area contributed by atoms with Crippen molar-refractivity contribution in [3.05, 3.63) is 33.7 Å². The van der Waals surface area contributed by atoms with Gasteiger partial charge in [0.25, 0.3) is 0 Å². The first kappa shape index (κ1) is 16.6. The van der Waals surface area contributed by atoms with Crippen molar-refractivity contribution in [3.63, 3.8) is 0 Å². The average Bonchev–Trinajstić information content (AvgIpc) is 2.59. The number of halogens is 1. The summed E-state index contributed by atoms with van der Waals surface area (Å²) in [5.74, 6) is 0.140. The standard InChI is InChI=1S/C15H20BBrO4/c1-14(2)15(3,4)21-16(20-14)11(9-18)7-10-8-12(17)5-6-13(10)19/h5-8,18-19H,9H2,1-4H3. The maximum atomic E-state index is 9.90. The van der Waals surface area contributed by atoms with Crippen LogP contribution in [0.25, 0.3) is 6.08 Å². The van der Waals surface area contributed by atoms with Crippen molar-refractivity contribution < 1.29 is 19.5 Å². The fraction of sp³-hybridized carbons (Fsp3) is 0.467. The van der Waals surface area contributed by atoms with E-state index in [1.54, 1.807) is 24.3 Å². The molecule has 1 aliphatic heterocycles. The number of aliphatic hydroxyl groups is 1. The van der Waals surface area contributed by atoms with Gasteiger partial charge in [0, 0.05) is 10.0 Å². The molecule has 1 aromatic rings. The Bertz CT molecular complexity index is 553. The van der Waals surface area contributed by atoms with Crippen LogP contribution < -0.4 is 0 Å². The summed E-state index contributed by atoms with van der Waals surface area (Å²) < 4.78 is 12.7. The van der Waals surface area contributed by atoms with Crippen molar-refractivity contribution in [3.8, 4) is 5.75 Å². The van der Waals surface area contributed by atoms with Gasteiger partial charge in [-0.25, -0.2) is 0 Å². The van der Waals surface area contributed by atoms with Crippen LogP contribution in [0.1, 0.15) is 33.3 Å². The fourth-order valence-electron chi connectivity index (χ4n) is 2.02. The molecule has 6 heteroatoms. The third-order valence-electron chi connectivity index (χ3n) is 4.07. The zero-order valence-electron chi connectivity index (χ0n) is 12.7. The molecule has 0 atom stereocenters. The molecular weight excluding hydrogens is 335 g/mol. The van der Waals surface area contributed by atoms with E-state index in [9.17, 15) is 10.2 Å². The molecule has 2 rings (SSSR count). The van der Waals surface area contributed by atoms with E-state index in [2.05, 4.69) is 15.9 Å². The summed E-state index contributed by atoms with van der Waals surface area (Å²) in [5.41, 5.74) is 0.237. The number of phenolic OH excluding ortho intramolecular Hbond substituents is 1. The number of aliphatic hydroxyl groups excluding tert-OH is 1. The molecule has 1 fully saturated rings. The van der Waals surface area contributed by atoms with Gasteiger partial charge < -0.3 is 19.5 Å². The molecule has 1 saturated heterocycles. The third kappa shape index (κ3) is 3.34. The van der Waals surface area contributed by atoms with E-state index >= 15 is 0 Å². The number of hydrogen-bond acceptors (Lipinski definition) is 4. The maximum absolute atomic E-state index is 9.90. The highest BCUT2D eigenvalue weighted by Gasteiger charge is 2.52. The van der Waals surface area contributed by atoms with Gasteiger partial charge >= 0.3 is 7.12 Å². The smallest absolute Gasteiger partial charge is 0.492 e. The SMILES string of the molecule is CC1(C)OB(C(=Cc2cc(Br)ccc2O)CO)OC1(C)C. The highest BCUT2D eigenvalue weighted by Crippen LogP contribution is 2.39. The molecule has 1 aliphatic rings. The Kier molecular flexibility index (Phi) is 4.54. The van der Waals surface area contributed by atoms with Crippen LogP contribution in [0.4, 0.5) is 0 Å². The van der Waals surface area contributed by atoms with Crippen LogP contribution in [-0.2, 0) is 9.31 Å². The highest BCUT2D eigenvalue weighted by molar-refractivity contribution is 9.10. The van der Waals surface area contributed by atoms with Gasteiger partial charge in [0.2, 0.25) is 0 Å². The first-order valence-electron chi connectivity index (χ1n) is 6.82. The van der Waals surface area contributed by atoms with Crippen LogP contribution in [0.3, 0.4) is 0 Å². The second-order valence-corrected chi connectivity index (χ2v) is 7.08. The molecular formula is C15H20BBrO4. The second-order valence-electron chi connectivity index (χ2n) is 6.17. The molecule has 0 bridgehead atoms. The summed E-state index contributed by atoms with van der Waals surface area (Å²) >= 11 is 3.36. The minimum absolute atomic E-state index is 0.140. The van der Waals surface area contributed by atoms with Crippen molar-refractivity contribution in [2.75, 3.05) is 6.61 Å². The van der Waals surface area contributed by atoms with Gasteiger partial charge in [0.15, 0.2) is 0 Å². The molecule has 2 N–H and O–H groups in total. The van der Waals surface area contributed by atoms with Crippen molar-refractivity contribution in [1.82, 2.24) is 0 Å². The normalized spacial score (nSPS) is 20.9. The minimum Gasteiger partial charge on any atom is -0.507 e. The Morgan fingerprint density at radius 3 is 2.33 bits per heavy atom. The molecule has 1 heterocycles. The predicted molar refractivity (Wildman–Crippen MR) is 87.0 cm³/mol. The topological polar surface area (TPSA) is 58.9 Å². The van der Waals surface area contributed by atoms with E-state index < -0.39 is 18.3 Å². The van der Waals surface area contributed by atoms with Crippen molar-refractivity contribution in [2.24, 2.45) is 0 Å². The molecule has 4 nitrogen and oxygen atoms in total. The molecule has 114 valence electrons. The molecule has 0 aromatic heterocycles. The number of rotatable bonds is 3. The zero-order valence-corrected chi connectivity index (χ0v) is 14.3. The summed E-state index contributed by atoms with van der Waals surface area (Å²) in [5, 5.41) is 19.5. The van der Waals surface area contributed by atoms with Crippen LogP contribution in [0.15, 0.2) is 28.1 Å². The number of aromatic hydroxyl groups is 1.